The zero-order chi connectivity index (χ0) is 13.3. The largest absolute Gasteiger partial charge is 0.508 e. The van der Waals surface area contributed by atoms with Crippen molar-refractivity contribution < 1.29 is 5.11 Å². The molecule has 2 rings (SSSR count). The molecule has 0 aliphatic heterocycles. The molecule has 1 aromatic heterocycles. The molecular weight excluding hydrogens is 246 g/mol. The van der Waals surface area contributed by atoms with Crippen molar-refractivity contribution in [2.75, 3.05) is 5.73 Å². The minimum atomic E-state index is 0.133. The molecule has 0 amide bonds. The number of anilines is 1. The topological polar surface area (TPSA) is 85.8 Å². The molecule has 0 radical (unpaired) electrons. The number of rotatable bonds is 1. The highest BCUT2D eigenvalue weighted by atomic mass is 32.1. The van der Waals surface area contributed by atoms with E-state index < -0.39 is 0 Å². The molecule has 4 N–H and O–H groups in total. The number of aromatic nitrogens is 1. The van der Waals surface area contributed by atoms with Gasteiger partial charge in [0, 0.05) is 5.56 Å². The van der Waals surface area contributed by atoms with Gasteiger partial charge in [-0.05, 0) is 30.2 Å². The standard InChI is InChI=1S/C13H11N3OS/c1-7-11(8-3-2-4-9(17)5-8)10(6-14)13(18)16-12(7)15/h2-5,17H,1H3,(H3,15,16,18). The summed E-state index contributed by atoms with van der Waals surface area (Å²) in [5.74, 6) is 0.561. The fourth-order valence-corrected chi connectivity index (χ4v) is 2.10. The predicted octanol–water partition coefficient (Wildman–Crippen LogP) is 2.88. The van der Waals surface area contributed by atoms with Gasteiger partial charge in [0.05, 0.1) is 5.56 Å². The number of aromatic hydroxyl groups is 1. The Balaban J connectivity index is 2.86. The zero-order valence-corrected chi connectivity index (χ0v) is 10.5. The third kappa shape index (κ3) is 1.94. The summed E-state index contributed by atoms with van der Waals surface area (Å²) >= 11 is 5.10. The summed E-state index contributed by atoms with van der Waals surface area (Å²) in [5.41, 5.74) is 8.31. The Morgan fingerprint density at radius 1 is 1.44 bits per heavy atom. The Kier molecular flexibility index (Phi) is 3.04. The van der Waals surface area contributed by atoms with Crippen LogP contribution >= 0.6 is 12.2 Å². The Hall–Kier alpha value is -2.32. The van der Waals surface area contributed by atoms with Crippen LogP contribution in [-0.4, -0.2) is 10.1 Å². The predicted molar refractivity (Wildman–Crippen MR) is 72.6 cm³/mol. The number of pyridine rings is 1. The van der Waals surface area contributed by atoms with Crippen LogP contribution < -0.4 is 5.73 Å². The van der Waals surface area contributed by atoms with Crippen LogP contribution in [0.15, 0.2) is 24.3 Å². The average molecular weight is 257 g/mol. The molecule has 0 atom stereocenters. The molecular formula is C13H11N3OS. The molecule has 0 bridgehead atoms. The average Bonchev–Trinajstić information content (AvgIpc) is 2.33. The Bertz CT molecular complexity index is 713. The third-order valence-corrected chi connectivity index (χ3v) is 3.06. The van der Waals surface area contributed by atoms with Crippen molar-refractivity contribution in [3.8, 4) is 22.9 Å². The first-order valence-corrected chi connectivity index (χ1v) is 5.67. The van der Waals surface area contributed by atoms with Crippen LogP contribution in [0.2, 0.25) is 0 Å². The van der Waals surface area contributed by atoms with Crippen LogP contribution in [0.1, 0.15) is 11.1 Å². The lowest BCUT2D eigenvalue weighted by atomic mass is 9.97. The van der Waals surface area contributed by atoms with Crippen LogP contribution in [0.5, 0.6) is 5.75 Å². The maximum Gasteiger partial charge on any atom is 0.123 e. The number of phenolic OH excluding ortho intramolecular Hbond substituents is 1. The van der Waals surface area contributed by atoms with Crippen LogP contribution in [-0.2, 0) is 0 Å². The van der Waals surface area contributed by atoms with Gasteiger partial charge in [-0.3, -0.25) is 0 Å². The summed E-state index contributed by atoms with van der Waals surface area (Å²) in [6.07, 6.45) is 0. The first kappa shape index (κ1) is 12.1. The molecule has 2 aromatic rings. The fraction of sp³-hybridized carbons (Fsp3) is 0.0769. The summed E-state index contributed by atoms with van der Waals surface area (Å²) < 4.78 is 0.305. The third-order valence-electron chi connectivity index (χ3n) is 2.75. The molecule has 1 aromatic carbocycles. The first-order valence-electron chi connectivity index (χ1n) is 5.26. The minimum Gasteiger partial charge on any atom is -0.508 e. The number of nitriles is 1. The second-order valence-electron chi connectivity index (χ2n) is 3.90. The van der Waals surface area contributed by atoms with Crippen molar-refractivity contribution >= 4 is 18.0 Å². The maximum absolute atomic E-state index is 9.52. The highest BCUT2D eigenvalue weighted by molar-refractivity contribution is 7.71. The van der Waals surface area contributed by atoms with Gasteiger partial charge in [-0.2, -0.15) is 5.26 Å². The number of nitrogens with zero attached hydrogens (tertiary/aromatic N) is 1. The second-order valence-corrected chi connectivity index (χ2v) is 4.31. The Labute approximate surface area is 109 Å². The fourth-order valence-electron chi connectivity index (χ4n) is 1.84. The van der Waals surface area contributed by atoms with Gasteiger partial charge in [0.2, 0.25) is 0 Å². The van der Waals surface area contributed by atoms with Crippen molar-refractivity contribution in [3.63, 3.8) is 0 Å². The molecule has 0 unspecified atom stereocenters. The Morgan fingerprint density at radius 3 is 2.78 bits per heavy atom. The summed E-state index contributed by atoms with van der Waals surface area (Å²) in [5, 5.41) is 18.7. The normalized spacial score (nSPS) is 10.0. The summed E-state index contributed by atoms with van der Waals surface area (Å²) in [6.45, 7) is 1.81. The molecule has 0 saturated heterocycles. The number of hydrogen-bond acceptors (Lipinski definition) is 4. The molecule has 90 valence electrons. The van der Waals surface area contributed by atoms with E-state index in [-0.39, 0.29) is 5.75 Å². The van der Waals surface area contributed by atoms with E-state index in [1.807, 2.05) is 0 Å². The lowest BCUT2D eigenvalue weighted by molar-refractivity contribution is 0.475. The van der Waals surface area contributed by atoms with Gasteiger partial charge >= 0.3 is 0 Å². The summed E-state index contributed by atoms with van der Waals surface area (Å²) in [4.78, 5) is 2.79. The molecule has 1 heterocycles. The minimum absolute atomic E-state index is 0.133. The van der Waals surface area contributed by atoms with Gasteiger partial charge in [0.15, 0.2) is 0 Å². The number of nitrogens with one attached hydrogen (secondary N) is 1. The number of nitrogens with two attached hydrogens (primary N) is 1. The molecule has 0 fully saturated rings. The van der Waals surface area contributed by atoms with E-state index in [2.05, 4.69) is 11.1 Å². The Morgan fingerprint density at radius 2 is 2.17 bits per heavy atom. The highest BCUT2D eigenvalue weighted by Crippen LogP contribution is 2.31. The number of H-pyrrole nitrogens is 1. The number of nitrogen functional groups attached to an aromatic ring is 1. The van der Waals surface area contributed by atoms with Crippen molar-refractivity contribution in [3.05, 3.63) is 40.0 Å². The van der Waals surface area contributed by atoms with Crippen molar-refractivity contribution in [2.45, 2.75) is 6.92 Å². The number of aromatic amines is 1. The quantitative estimate of drug-likeness (QED) is 0.686. The zero-order valence-electron chi connectivity index (χ0n) is 9.69. The van der Waals surface area contributed by atoms with Gasteiger partial charge < -0.3 is 15.8 Å². The van der Waals surface area contributed by atoms with Crippen molar-refractivity contribution in [1.29, 1.82) is 5.26 Å². The van der Waals surface area contributed by atoms with E-state index in [1.165, 1.54) is 0 Å². The van der Waals surface area contributed by atoms with Gasteiger partial charge in [-0.25, -0.2) is 0 Å². The van der Waals surface area contributed by atoms with Gasteiger partial charge in [0.1, 0.15) is 22.3 Å². The van der Waals surface area contributed by atoms with Crippen LogP contribution in [0.25, 0.3) is 11.1 Å². The molecule has 4 nitrogen and oxygen atoms in total. The summed E-state index contributed by atoms with van der Waals surface area (Å²) in [6, 6.07) is 8.74. The molecule has 0 aliphatic carbocycles. The van der Waals surface area contributed by atoms with E-state index in [0.29, 0.717) is 21.6 Å². The number of benzene rings is 1. The SMILES string of the molecule is Cc1c(N)[nH]c(=S)c(C#N)c1-c1cccc(O)c1. The highest BCUT2D eigenvalue weighted by Gasteiger charge is 2.13. The van der Waals surface area contributed by atoms with E-state index in [9.17, 15) is 10.4 Å². The van der Waals surface area contributed by atoms with Gasteiger partial charge in [0.25, 0.3) is 0 Å². The van der Waals surface area contributed by atoms with Gasteiger partial charge in [-0.1, -0.05) is 24.4 Å². The molecule has 18 heavy (non-hydrogen) atoms. The molecule has 0 spiro atoms. The van der Waals surface area contributed by atoms with E-state index in [1.54, 1.807) is 31.2 Å². The lowest BCUT2D eigenvalue weighted by Gasteiger charge is -2.11. The number of hydrogen-bond donors (Lipinski definition) is 3. The smallest absolute Gasteiger partial charge is 0.123 e. The van der Waals surface area contributed by atoms with Gasteiger partial charge in [-0.15, -0.1) is 0 Å². The first-order chi connectivity index (χ1) is 8.54. The molecule has 5 heteroatoms. The second kappa shape index (κ2) is 4.51. The van der Waals surface area contributed by atoms with E-state index >= 15 is 0 Å². The van der Waals surface area contributed by atoms with Crippen molar-refractivity contribution in [2.24, 2.45) is 0 Å². The van der Waals surface area contributed by atoms with Crippen molar-refractivity contribution in [1.82, 2.24) is 4.98 Å². The summed E-state index contributed by atoms with van der Waals surface area (Å²) in [7, 11) is 0. The lowest BCUT2D eigenvalue weighted by Crippen LogP contribution is -2.00. The molecule has 0 aliphatic rings. The van der Waals surface area contributed by atoms with Crippen LogP contribution in [0, 0.1) is 22.9 Å². The van der Waals surface area contributed by atoms with E-state index in [0.717, 1.165) is 11.1 Å². The van der Waals surface area contributed by atoms with E-state index in [4.69, 9.17) is 18.0 Å². The maximum atomic E-state index is 9.52. The molecule has 0 saturated carbocycles. The number of phenols is 1. The monoisotopic (exact) mass is 257 g/mol. The van der Waals surface area contributed by atoms with Crippen LogP contribution in [0.4, 0.5) is 5.82 Å². The van der Waals surface area contributed by atoms with Crippen LogP contribution in [0.3, 0.4) is 0 Å².